The minimum absolute atomic E-state index is 0.0858. The fourth-order valence-corrected chi connectivity index (χ4v) is 4.19. The standard InChI is InChI=1S/C22H26N6O/c29-20(24-14-16-8-9-16)22(11-4-1-5-12-22)27-21-23-13-10-19(26-21)28-18-7-3-2-6-17(18)15-25-28/h2-3,6-7,10,13,15-16H,1,4-5,8-9,11-12,14H2,(H,24,29)(H,23,26,27). The van der Waals surface area contributed by atoms with Gasteiger partial charge in [0.2, 0.25) is 11.9 Å². The molecule has 0 saturated heterocycles. The maximum Gasteiger partial charge on any atom is 0.245 e. The Morgan fingerprint density at radius 3 is 2.79 bits per heavy atom. The van der Waals surface area contributed by atoms with Crippen LogP contribution in [0.15, 0.2) is 42.7 Å². The monoisotopic (exact) mass is 390 g/mol. The average molecular weight is 390 g/mol. The lowest BCUT2D eigenvalue weighted by Gasteiger charge is -2.36. The molecule has 2 heterocycles. The molecule has 0 aliphatic heterocycles. The highest BCUT2D eigenvalue weighted by molar-refractivity contribution is 5.89. The molecule has 2 aromatic heterocycles. The van der Waals surface area contributed by atoms with Crippen LogP contribution < -0.4 is 10.6 Å². The van der Waals surface area contributed by atoms with Crippen molar-refractivity contribution in [1.29, 1.82) is 0 Å². The number of rotatable bonds is 6. The predicted octanol–water partition coefficient (Wildman–Crippen LogP) is 3.46. The second-order valence-corrected chi connectivity index (χ2v) is 8.27. The zero-order valence-corrected chi connectivity index (χ0v) is 16.5. The summed E-state index contributed by atoms with van der Waals surface area (Å²) in [5, 5.41) is 12.1. The van der Waals surface area contributed by atoms with E-state index in [1.807, 2.05) is 41.2 Å². The number of benzene rings is 1. The molecule has 2 fully saturated rings. The Morgan fingerprint density at radius 1 is 1.14 bits per heavy atom. The average Bonchev–Trinajstić information content (AvgIpc) is 3.49. The summed E-state index contributed by atoms with van der Waals surface area (Å²) in [5.74, 6) is 1.91. The highest BCUT2D eigenvalue weighted by Crippen LogP contribution is 2.32. The van der Waals surface area contributed by atoms with Gasteiger partial charge in [0.15, 0.2) is 5.82 Å². The number of aromatic nitrogens is 4. The molecule has 1 aromatic carbocycles. The van der Waals surface area contributed by atoms with Gasteiger partial charge in [0.25, 0.3) is 0 Å². The molecule has 0 unspecified atom stereocenters. The first-order valence-corrected chi connectivity index (χ1v) is 10.6. The van der Waals surface area contributed by atoms with Gasteiger partial charge in [-0.15, -0.1) is 0 Å². The molecular formula is C22H26N6O. The molecule has 0 spiro atoms. The highest BCUT2D eigenvalue weighted by atomic mass is 16.2. The Bertz CT molecular complexity index is 1020. The Labute approximate surface area is 169 Å². The Hall–Kier alpha value is -2.96. The summed E-state index contributed by atoms with van der Waals surface area (Å²) in [6.07, 6.45) is 10.9. The van der Waals surface area contributed by atoms with Crippen LogP contribution in [-0.2, 0) is 4.79 Å². The van der Waals surface area contributed by atoms with E-state index >= 15 is 0 Å². The maximum atomic E-state index is 13.1. The summed E-state index contributed by atoms with van der Waals surface area (Å²) in [4.78, 5) is 22.2. The van der Waals surface area contributed by atoms with Gasteiger partial charge in [0.05, 0.1) is 11.7 Å². The van der Waals surface area contributed by atoms with Crippen LogP contribution >= 0.6 is 0 Å². The van der Waals surface area contributed by atoms with Crippen LogP contribution in [0.25, 0.3) is 16.7 Å². The first kappa shape index (κ1) is 18.1. The number of fused-ring (bicyclic) bond motifs is 1. The van der Waals surface area contributed by atoms with Gasteiger partial charge in [-0.05, 0) is 37.7 Å². The van der Waals surface area contributed by atoms with E-state index in [2.05, 4.69) is 20.7 Å². The van der Waals surface area contributed by atoms with Crippen LogP contribution in [0.4, 0.5) is 5.95 Å². The summed E-state index contributed by atoms with van der Waals surface area (Å²) in [5.41, 5.74) is 0.365. The van der Waals surface area contributed by atoms with E-state index in [9.17, 15) is 4.79 Å². The smallest absolute Gasteiger partial charge is 0.245 e. The lowest BCUT2D eigenvalue weighted by atomic mass is 9.81. The highest BCUT2D eigenvalue weighted by Gasteiger charge is 2.40. The first-order chi connectivity index (χ1) is 14.2. The van der Waals surface area contributed by atoms with Crippen molar-refractivity contribution in [1.82, 2.24) is 25.1 Å². The minimum Gasteiger partial charge on any atom is -0.354 e. The fraction of sp³-hybridized carbons (Fsp3) is 0.455. The van der Waals surface area contributed by atoms with Gasteiger partial charge < -0.3 is 10.6 Å². The number of amides is 1. The molecule has 2 aliphatic rings. The molecule has 3 aromatic rings. The van der Waals surface area contributed by atoms with Gasteiger partial charge in [-0.1, -0.05) is 37.5 Å². The second-order valence-electron chi connectivity index (χ2n) is 8.27. The number of hydrogen-bond acceptors (Lipinski definition) is 5. The second kappa shape index (κ2) is 7.46. The Kier molecular flexibility index (Phi) is 4.66. The molecule has 29 heavy (non-hydrogen) atoms. The Morgan fingerprint density at radius 2 is 1.97 bits per heavy atom. The molecule has 1 amide bonds. The van der Waals surface area contributed by atoms with E-state index < -0.39 is 5.54 Å². The van der Waals surface area contributed by atoms with Crippen molar-refractivity contribution < 1.29 is 4.79 Å². The van der Waals surface area contributed by atoms with Crippen LogP contribution in [0.1, 0.15) is 44.9 Å². The van der Waals surface area contributed by atoms with Gasteiger partial charge in [-0.3, -0.25) is 4.79 Å². The molecule has 2 saturated carbocycles. The van der Waals surface area contributed by atoms with E-state index in [0.717, 1.165) is 43.1 Å². The number of para-hydroxylation sites is 1. The normalized spacial score (nSPS) is 18.5. The molecule has 150 valence electrons. The quantitative estimate of drug-likeness (QED) is 0.673. The lowest BCUT2D eigenvalue weighted by Crippen LogP contribution is -2.54. The van der Waals surface area contributed by atoms with E-state index in [4.69, 9.17) is 4.98 Å². The van der Waals surface area contributed by atoms with Crippen molar-refractivity contribution in [3.8, 4) is 5.82 Å². The first-order valence-electron chi connectivity index (χ1n) is 10.6. The molecule has 2 aliphatic carbocycles. The third-order valence-electron chi connectivity index (χ3n) is 6.08. The summed E-state index contributed by atoms with van der Waals surface area (Å²) in [6.45, 7) is 0.780. The van der Waals surface area contributed by atoms with Crippen molar-refractivity contribution in [3.63, 3.8) is 0 Å². The summed E-state index contributed by atoms with van der Waals surface area (Å²) >= 11 is 0. The van der Waals surface area contributed by atoms with Gasteiger partial charge >= 0.3 is 0 Å². The third kappa shape index (κ3) is 3.69. The molecular weight excluding hydrogens is 364 g/mol. The van der Waals surface area contributed by atoms with Gasteiger partial charge in [0, 0.05) is 24.2 Å². The van der Waals surface area contributed by atoms with E-state index in [1.54, 1.807) is 6.20 Å². The van der Waals surface area contributed by atoms with Crippen LogP contribution in [-0.4, -0.2) is 37.7 Å². The van der Waals surface area contributed by atoms with Crippen LogP contribution in [0, 0.1) is 5.92 Å². The number of carbonyl (C=O) groups is 1. The largest absolute Gasteiger partial charge is 0.354 e. The van der Waals surface area contributed by atoms with Crippen molar-refractivity contribution in [3.05, 3.63) is 42.7 Å². The van der Waals surface area contributed by atoms with E-state index in [1.165, 1.54) is 19.3 Å². The van der Waals surface area contributed by atoms with E-state index in [0.29, 0.717) is 17.7 Å². The maximum absolute atomic E-state index is 13.1. The van der Waals surface area contributed by atoms with Crippen LogP contribution in [0.5, 0.6) is 0 Å². The van der Waals surface area contributed by atoms with Crippen molar-refractivity contribution >= 4 is 22.8 Å². The van der Waals surface area contributed by atoms with Crippen molar-refractivity contribution in [2.45, 2.75) is 50.5 Å². The summed E-state index contributed by atoms with van der Waals surface area (Å²) in [7, 11) is 0. The molecule has 7 nitrogen and oxygen atoms in total. The molecule has 0 atom stereocenters. The molecule has 0 bridgehead atoms. The zero-order valence-electron chi connectivity index (χ0n) is 16.5. The van der Waals surface area contributed by atoms with Crippen LogP contribution in [0.2, 0.25) is 0 Å². The van der Waals surface area contributed by atoms with Gasteiger partial charge in [0.1, 0.15) is 5.54 Å². The SMILES string of the molecule is O=C(NCC1CC1)C1(Nc2nccc(-n3ncc4ccccc43)n2)CCCCC1. The molecule has 5 rings (SSSR count). The minimum atomic E-state index is -0.627. The number of nitrogens with one attached hydrogen (secondary N) is 2. The fourth-order valence-electron chi connectivity index (χ4n) is 4.19. The molecule has 7 heteroatoms. The van der Waals surface area contributed by atoms with Crippen molar-refractivity contribution in [2.75, 3.05) is 11.9 Å². The lowest BCUT2D eigenvalue weighted by molar-refractivity contribution is -0.126. The van der Waals surface area contributed by atoms with Gasteiger partial charge in [-0.25, -0.2) is 9.67 Å². The number of hydrogen-bond donors (Lipinski definition) is 2. The topological polar surface area (TPSA) is 84.7 Å². The number of carbonyl (C=O) groups excluding carboxylic acids is 1. The van der Waals surface area contributed by atoms with Crippen molar-refractivity contribution in [2.24, 2.45) is 5.92 Å². The van der Waals surface area contributed by atoms with E-state index in [-0.39, 0.29) is 5.91 Å². The molecule has 0 radical (unpaired) electrons. The van der Waals surface area contributed by atoms with Crippen LogP contribution in [0.3, 0.4) is 0 Å². The summed E-state index contributed by atoms with van der Waals surface area (Å²) < 4.78 is 1.81. The predicted molar refractivity (Wildman–Crippen MR) is 112 cm³/mol. The zero-order chi connectivity index (χ0) is 19.7. The summed E-state index contributed by atoms with van der Waals surface area (Å²) in [6, 6.07) is 9.87. The Balaban J connectivity index is 1.42. The number of anilines is 1. The number of nitrogens with zero attached hydrogens (tertiary/aromatic N) is 4. The molecule has 2 N–H and O–H groups in total. The third-order valence-corrected chi connectivity index (χ3v) is 6.08. The van der Waals surface area contributed by atoms with Gasteiger partial charge in [-0.2, -0.15) is 10.1 Å².